The lowest BCUT2D eigenvalue weighted by Gasteiger charge is -2.33. The molecule has 39 heavy (non-hydrogen) atoms. The molecule has 11 heteroatoms. The molecule has 2 atom stereocenters. The summed E-state index contributed by atoms with van der Waals surface area (Å²) in [6, 6.07) is 12.0. The van der Waals surface area contributed by atoms with Crippen LogP contribution >= 0.6 is 23.2 Å². The molecule has 4 rings (SSSR count). The summed E-state index contributed by atoms with van der Waals surface area (Å²) in [5.41, 5.74) is -0.307. The first-order valence-electron chi connectivity index (χ1n) is 12.8. The average Bonchev–Trinajstić information content (AvgIpc) is 3.36. The fourth-order valence-electron chi connectivity index (χ4n) is 5.50. The van der Waals surface area contributed by atoms with Crippen molar-refractivity contribution in [1.29, 1.82) is 5.26 Å². The molecule has 2 amide bonds. The van der Waals surface area contributed by atoms with Crippen LogP contribution in [0.1, 0.15) is 46.7 Å². The Morgan fingerprint density at radius 1 is 1.08 bits per heavy atom. The van der Waals surface area contributed by atoms with Crippen LogP contribution in [0.3, 0.4) is 0 Å². The maximum absolute atomic E-state index is 13.5. The van der Waals surface area contributed by atoms with Crippen molar-refractivity contribution in [3.8, 4) is 6.07 Å². The van der Waals surface area contributed by atoms with Crippen LogP contribution in [0.25, 0.3) is 0 Å². The monoisotopic (exact) mass is 580 g/mol. The fraction of sp³-hybridized carbons (Fsp3) is 0.464. The Hall–Kier alpha value is -2.80. The Labute approximate surface area is 235 Å². The number of piperidine rings is 1. The minimum atomic E-state index is -4.70. The predicted octanol–water partition coefficient (Wildman–Crippen LogP) is 5.70. The lowest BCUT2D eigenvalue weighted by atomic mass is 9.93. The minimum Gasteiger partial charge on any atom is -0.340 e. The molecule has 2 aromatic carbocycles. The summed E-state index contributed by atoms with van der Waals surface area (Å²) in [6.07, 6.45) is -2.86. The van der Waals surface area contributed by atoms with Crippen LogP contribution in [-0.4, -0.2) is 72.3 Å². The summed E-state index contributed by atoms with van der Waals surface area (Å²) in [4.78, 5) is 32.3. The van der Waals surface area contributed by atoms with Gasteiger partial charge in [-0.1, -0.05) is 35.3 Å². The normalized spacial score (nSPS) is 20.6. The van der Waals surface area contributed by atoms with Gasteiger partial charge < -0.3 is 14.7 Å². The van der Waals surface area contributed by atoms with Gasteiger partial charge in [-0.15, -0.1) is 0 Å². The number of benzene rings is 2. The highest BCUT2D eigenvalue weighted by Crippen LogP contribution is 2.37. The van der Waals surface area contributed by atoms with E-state index < -0.39 is 28.7 Å². The van der Waals surface area contributed by atoms with Crippen LogP contribution in [-0.2, 0) is 11.0 Å². The van der Waals surface area contributed by atoms with Gasteiger partial charge in [-0.2, -0.15) is 18.4 Å². The number of carbonyl (C=O) groups excluding carboxylic acids is 2. The molecule has 0 aromatic heterocycles. The highest BCUT2D eigenvalue weighted by atomic mass is 35.5. The molecule has 2 aromatic rings. The van der Waals surface area contributed by atoms with E-state index in [1.165, 1.54) is 11.0 Å². The van der Waals surface area contributed by atoms with Crippen LogP contribution in [0.5, 0.6) is 0 Å². The second kappa shape index (κ2) is 12.2. The largest absolute Gasteiger partial charge is 0.417 e. The molecule has 2 aliphatic rings. The molecule has 2 fully saturated rings. The zero-order chi connectivity index (χ0) is 28.3. The number of alkyl halides is 3. The lowest BCUT2D eigenvalue weighted by molar-refractivity contribution is -0.137. The van der Waals surface area contributed by atoms with Gasteiger partial charge in [0.1, 0.15) is 0 Å². The van der Waals surface area contributed by atoms with E-state index in [1.54, 1.807) is 24.1 Å². The minimum absolute atomic E-state index is 0.0168. The molecule has 208 valence electrons. The van der Waals surface area contributed by atoms with Crippen molar-refractivity contribution in [1.82, 2.24) is 14.7 Å². The Morgan fingerprint density at radius 3 is 2.36 bits per heavy atom. The van der Waals surface area contributed by atoms with E-state index in [4.69, 9.17) is 28.5 Å². The Kier molecular flexibility index (Phi) is 9.10. The summed E-state index contributed by atoms with van der Waals surface area (Å²) >= 11 is 11.8. The molecule has 2 heterocycles. The number of rotatable bonds is 6. The van der Waals surface area contributed by atoms with Crippen molar-refractivity contribution in [3.63, 3.8) is 0 Å². The van der Waals surface area contributed by atoms with E-state index in [-0.39, 0.29) is 29.9 Å². The van der Waals surface area contributed by atoms with Gasteiger partial charge in [0.25, 0.3) is 5.91 Å². The molecule has 0 aliphatic carbocycles. The second-order valence-corrected chi connectivity index (χ2v) is 10.9. The van der Waals surface area contributed by atoms with Crippen LogP contribution in [0.2, 0.25) is 10.0 Å². The Morgan fingerprint density at radius 2 is 1.74 bits per heavy atom. The average molecular weight is 581 g/mol. The smallest absolute Gasteiger partial charge is 0.340 e. The van der Waals surface area contributed by atoms with Crippen molar-refractivity contribution in [2.75, 3.05) is 39.8 Å². The number of likely N-dealkylation sites (N-methyl/N-ethyl adjacent to an activating group) is 1. The number of likely N-dealkylation sites (tertiary alicyclic amines) is 2. The van der Waals surface area contributed by atoms with Crippen molar-refractivity contribution in [3.05, 3.63) is 69.2 Å². The van der Waals surface area contributed by atoms with Crippen LogP contribution in [0, 0.1) is 17.2 Å². The molecular weight excluding hydrogens is 552 g/mol. The molecular formula is C28H29Cl2F3N4O2. The van der Waals surface area contributed by atoms with Gasteiger partial charge in [-0.25, -0.2) is 0 Å². The number of halogens is 5. The van der Waals surface area contributed by atoms with Gasteiger partial charge in [-0.05, 0) is 61.8 Å². The molecule has 0 saturated carbocycles. The molecule has 0 N–H and O–H groups in total. The van der Waals surface area contributed by atoms with E-state index in [0.717, 1.165) is 30.8 Å². The van der Waals surface area contributed by atoms with Crippen LogP contribution < -0.4 is 0 Å². The van der Waals surface area contributed by atoms with Crippen LogP contribution in [0.4, 0.5) is 13.2 Å². The predicted molar refractivity (Wildman–Crippen MR) is 143 cm³/mol. The van der Waals surface area contributed by atoms with Gasteiger partial charge in [0.15, 0.2) is 0 Å². The first-order valence-corrected chi connectivity index (χ1v) is 13.5. The summed E-state index contributed by atoms with van der Waals surface area (Å²) < 4.78 is 40.3. The Bertz CT molecular complexity index is 1240. The van der Waals surface area contributed by atoms with Crippen LogP contribution in [0.15, 0.2) is 42.5 Å². The zero-order valence-electron chi connectivity index (χ0n) is 21.4. The van der Waals surface area contributed by atoms with Gasteiger partial charge in [0.05, 0.1) is 22.7 Å². The highest BCUT2D eigenvalue weighted by Gasteiger charge is 2.42. The molecule has 2 aliphatic heterocycles. The van der Waals surface area contributed by atoms with Crippen molar-refractivity contribution >= 4 is 35.0 Å². The molecule has 0 bridgehead atoms. The zero-order valence-corrected chi connectivity index (χ0v) is 22.9. The van der Waals surface area contributed by atoms with Gasteiger partial charge in [-0.3, -0.25) is 9.59 Å². The number of carbonyl (C=O) groups is 2. The second-order valence-electron chi connectivity index (χ2n) is 10.1. The maximum Gasteiger partial charge on any atom is 0.417 e. The molecule has 2 saturated heterocycles. The number of nitrogens with zero attached hydrogens (tertiary/aromatic N) is 4. The third kappa shape index (κ3) is 6.68. The summed E-state index contributed by atoms with van der Waals surface area (Å²) in [5.74, 6) is -0.964. The Balaban J connectivity index is 1.55. The number of amides is 2. The molecule has 0 radical (unpaired) electrons. The number of hydrogen-bond donors (Lipinski definition) is 0. The molecule has 6 nitrogen and oxygen atoms in total. The van der Waals surface area contributed by atoms with Gasteiger partial charge in [0.2, 0.25) is 5.91 Å². The quantitative estimate of drug-likeness (QED) is 0.439. The van der Waals surface area contributed by atoms with E-state index in [1.807, 2.05) is 12.1 Å². The third-order valence-electron chi connectivity index (χ3n) is 7.71. The summed E-state index contributed by atoms with van der Waals surface area (Å²) in [6.45, 7) is 2.82. The van der Waals surface area contributed by atoms with E-state index in [9.17, 15) is 22.8 Å². The van der Waals surface area contributed by atoms with Gasteiger partial charge in [0, 0.05) is 55.5 Å². The van der Waals surface area contributed by atoms with E-state index >= 15 is 0 Å². The maximum atomic E-state index is 13.5. The van der Waals surface area contributed by atoms with Crippen molar-refractivity contribution in [2.45, 2.75) is 37.4 Å². The van der Waals surface area contributed by atoms with Crippen molar-refractivity contribution in [2.24, 2.45) is 5.92 Å². The summed E-state index contributed by atoms with van der Waals surface area (Å²) in [5, 5.41) is 8.90. The lowest BCUT2D eigenvalue weighted by Crippen LogP contribution is -2.44. The van der Waals surface area contributed by atoms with E-state index in [2.05, 4.69) is 11.0 Å². The SMILES string of the molecule is CN(C(=O)c1ccc(Cl)c(C(F)(F)F)c1)C1CN(C(=O)C2CCN(CCC#N)CC2)CC1c1ccc(Cl)cc1. The number of hydrogen-bond acceptors (Lipinski definition) is 4. The highest BCUT2D eigenvalue weighted by molar-refractivity contribution is 6.31. The number of nitriles is 1. The molecule has 0 spiro atoms. The topological polar surface area (TPSA) is 67.7 Å². The first-order chi connectivity index (χ1) is 18.5. The van der Waals surface area contributed by atoms with Crippen molar-refractivity contribution < 1.29 is 22.8 Å². The molecule has 2 unspecified atom stereocenters. The standard InChI is InChI=1S/C28H29Cl2F3N4O2/c1-35(26(38)20-5-8-24(30)23(15-20)28(31,32)33)25-17-37(16-22(25)18-3-6-21(29)7-4-18)27(39)19-9-13-36(14-10-19)12-2-11-34/h3-8,15,19,22,25H,2,9-10,12-14,16-17H2,1H3. The van der Waals surface area contributed by atoms with E-state index in [0.29, 0.717) is 37.4 Å². The third-order valence-corrected chi connectivity index (χ3v) is 8.29. The fourth-order valence-corrected chi connectivity index (χ4v) is 5.85. The first kappa shape index (κ1) is 29.2. The van der Waals surface area contributed by atoms with Gasteiger partial charge >= 0.3 is 6.18 Å². The summed E-state index contributed by atoms with van der Waals surface area (Å²) in [7, 11) is 1.56.